The highest BCUT2D eigenvalue weighted by atomic mass is 79.9. The number of hydrogen-bond donors (Lipinski definition) is 1. The molecule has 0 aliphatic carbocycles. The van der Waals surface area contributed by atoms with Crippen LogP contribution in [0.3, 0.4) is 0 Å². The van der Waals surface area contributed by atoms with Gasteiger partial charge in [-0.1, -0.05) is 15.9 Å². The standard InChI is InChI=1S/C10H7BrN2O2S/c11-7-1-3-8(4-2-7)13-5-6-16-9(13)12-10(14)15/h1-6H,(H,14,15)/b12-9+. The summed E-state index contributed by atoms with van der Waals surface area (Å²) in [6.45, 7) is 0. The summed E-state index contributed by atoms with van der Waals surface area (Å²) in [6.07, 6.45) is 0.601. The van der Waals surface area contributed by atoms with Crippen molar-refractivity contribution in [3.63, 3.8) is 0 Å². The molecule has 0 saturated heterocycles. The SMILES string of the molecule is O=C(O)/N=c1/sccn1-c1ccc(Br)cc1. The Morgan fingerprint density at radius 2 is 2.06 bits per heavy atom. The van der Waals surface area contributed by atoms with Crippen molar-refractivity contribution in [2.45, 2.75) is 0 Å². The molecule has 1 amide bonds. The number of hydrogen-bond acceptors (Lipinski definition) is 2. The largest absolute Gasteiger partial charge is 0.463 e. The fraction of sp³-hybridized carbons (Fsp3) is 0. The maximum atomic E-state index is 10.5. The zero-order chi connectivity index (χ0) is 11.5. The average molecular weight is 299 g/mol. The van der Waals surface area contributed by atoms with Gasteiger partial charge < -0.3 is 5.11 Å². The Labute approximate surface area is 104 Å². The smallest absolute Gasteiger partial charge is 0.433 e. The lowest BCUT2D eigenvalue weighted by Gasteiger charge is -2.01. The highest BCUT2D eigenvalue weighted by Gasteiger charge is 2.00. The summed E-state index contributed by atoms with van der Waals surface area (Å²) in [5, 5.41) is 10.4. The first-order valence-electron chi connectivity index (χ1n) is 4.36. The maximum Gasteiger partial charge on any atom is 0.433 e. The van der Waals surface area contributed by atoms with Gasteiger partial charge in [0.15, 0.2) is 0 Å². The highest BCUT2D eigenvalue weighted by Crippen LogP contribution is 2.13. The van der Waals surface area contributed by atoms with Crippen molar-refractivity contribution >= 4 is 33.4 Å². The molecule has 82 valence electrons. The lowest BCUT2D eigenvalue weighted by Crippen LogP contribution is -2.13. The molecular weight excluding hydrogens is 292 g/mol. The number of carbonyl (C=O) groups is 1. The molecule has 1 aromatic heterocycles. The van der Waals surface area contributed by atoms with Crippen molar-refractivity contribution in [1.82, 2.24) is 4.57 Å². The van der Waals surface area contributed by atoms with Crippen LogP contribution in [0, 0.1) is 0 Å². The van der Waals surface area contributed by atoms with Crippen LogP contribution in [0.4, 0.5) is 4.79 Å². The second kappa shape index (κ2) is 4.63. The number of benzene rings is 1. The minimum Gasteiger partial charge on any atom is -0.463 e. The molecule has 6 heteroatoms. The highest BCUT2D eigenvalue weighted by molar-refractivity contribution is 9.10. The first-order valence-corrected chi connectivity index (χ1v) is 6.04. The Morgan fingerprint density at radius 1 is 1.38 bits per heavy atom. The molecule has 1 aromatic carbocycles. The van der Waals surface area contributed by atoms with Gasteiger partial charge in [-0.3, -0.25) is 4.57 Å². The van der Waals surface area contributed by atoms with E-state index < -0.39 is 6.09 Å². The Morgan fingerprint density at radius 3 is 2.69 bits per heavy atom. The maximum absolute atomic E-state index is 10.5. The van der Waals surface area contributed by atoms with E-state index in [1.54, 1.807) is 16.1 Å². The Bertz CT molecular complexity index is 571. The minimum atomic E-state index is -1.19. The van der Waals surface area contributed by atoms with Gasteiger partial charge in [-0.15, -0.1) is 16.3 Å². The van der Waals surface area contributed by atoms with Gasteiger partial charge in [-0.2, -0.15) is 0 Å². The van der Waals surface area contributed by atoms with Gasteiger partial charge >= 0.3 is 6.09 Å². The molecule has 0 bridgehead atoms. The molecule has 0 unspecified atom stereocenters. The van der Waals surface area contributed by atoms with Gasteiger partial charge in [0.1, 0.15) is 0 Å². The van der Waals surface area contributed by atoms with E-state index in [9.17, 15) is 4.79 Å². The number of nitrogens with zero attached hydrogens (tertiary/aromatic N) is 2. The van der Waals surface area contributed by atoms with E-state index in [4.69, 9.17) is 5.11 Å². The topological polar surface area (TPSA) is 54.6 Å². The van der Waals surface area contributed by atoms with Crippen LogP contribution >= 0.6 is 27.3 Å². The van der Waals surface area contributed by atoms with Crippen molar-refractivity contribution in [3.8, 4) is 5.69 Å². The molecule has 0 spiro atoms. The summed E-state index contributed by atoms with van der Waals surface area (Å²) >= 11 is 4.62. The quantitative estimate of drug-likeness (QED) is 0.880. The lowest BCUT2D eigenvalue weighted by atomic mass is 10.3. The molecule has 0 fully saturated rings. The van der Waals surface area contributed by atoms with Crippen LogP contribution in [0.2, 0.25) is 0 Å². The molecule has 16 heavy (non-hydrogen) atoms. The van der Waals surface area contributed by atoms with E-state index in [1.165, 1.54) is 11.3 Å². The van der Waals surface area contributed by atoms with Crippen LogP contribution < -0.4 is 4.80 Å². The van der Waals surface area contributed by atoms with Gasteiger partial charge in [0.05, 0.1) is 0 Å². The van der Waals surface area contributed by atoms with Gasteiger partial charge in [-0.05, 0) is 24.3 Å². The van der Waals surface area contributed by atoms with E-state index in [0.29, 0.717) is 4.80 Å². The van der Waals surface area contributed by atoms with Gasteiger partial charge in [0, 0.05) is 21.7 Å². The monoisotopic (exact) mass is 298 g/mol. The van der Waals surface area contributed by atoms with E-state index in [1.807, 2.05) is 24.3 Å². The van der Waals surface area contributed by atoms with Crippen molar-refractivity contribution in [2.24, 2.45) is 4.99 Å². The van der Waals surface area contributed by atoms with Crippen LogP contribution in [0.15, 0.2) is 45.3 Å². The molecule has 0 atom stereocenters. The van der Waals surface area contributed by atoms with E-state index in [0.717, 1.165) is 10.2 Å². The number of halogens is 1. The lowest BCUT2D eigenvalue weighted by molar-refractivity contribution is 0.204. The summed E-state index contributed by atoms with van der Waals surface area (Å²) in [6, 6.07) is 7.56. The first kappa shape index (κ1) is 11.1. The molecule has 0 aliphatic rings. The second-order valence-corrected chi connectivity index (χ2v) is 4.72. The second-order valence-electron chi connectivity index (χ2n) is 2.93. The molecule has 0 saturated carbocycles. The molecule has 2 aromatic rings. The number of thiazole rings is 1. The predicted molar refractivity (Wildman–Crippen MR) is 64.9 cm³/mol. The minimum absolute atomic E-state index is 0.440. The van der Waals surface area contributed by atoms with Gasteiger partial charge in [0.2, 0.25) is 4.80 Å². The number of aromatic nitrogens is 1. The van der Waals surface area contributed by atoms with Crippen molar-refractivity contribution in [1.29, 1.82) is 0 Å². The molecule has 1 N–H and O–H groups in total. The molecule has 0 radical (unpaired) electrons. The number of carboxylic acid groups (broad SMARTS) is 1. The number of rotatable bonds is 1. The zero-order valence-corrected chi connectivity index (χ0v) is 10.4. The van der Waals surface area contributed by atoms with Crippen LogP contribution in [-0.2, 0) is 0 Å². The van der Waals surface area contributed by atoms with Crippen molar-refractivity contribution in [3.05, 3.63) is 45.1 Å². The van der Waals surface area contributed by atoms with E-state index in [-0.39, 0.29) is 0 Å². The normalized spacial score (nSPS) is 11.7. The van der Waals surface area contributed by atoms with Crippen LogP contribution in [0.1, 0.15) is 0 Å². The predicted octanol–water partition coefficient (Wildman–Crippen LogP) is 2.88. The molecule has 1 heterocycles. The Balaban J connectivity index is 2.53. The van der Waals surface area contributed by atoms with E-state index >= 15 is 0 Å². The average Bonchev–Trinajstić information content (AvgIpc) is 2.66. The number of amides is 1. The molecule has 0 aliphatic heterocycles. The fourth-order valence-electron chi connectivity index (χ4n) is 1.23. The van der Waals surface area contributed by atoms with Crippen LogP contribution in [0.5, 0.6) is 0 Å². The van der Waals surface area contributed by atoms with E-state index in [2.05, 4.69) is 20.9 Å². The third-order valence-electron chi connectivity index (χ3n) is 1.89. The Hall–Kier alpha value is -1.40. The summed E-state index contributed by atoms with van der Waals surface area (Å²) < 4.78 is 2.70. The van der Waals surface area contributed by atoms with Crippen molar-refractivity contribution in [2.75, 3.05) is 0 Å². The van der Waals surface area contributed by atoms with Gasteiger partial charge in [-0.25, -0.2) is 4.79 Å². The third-order valence-corrected chi connectivity index (χ3v) is 3.17. The fourth-order valence-corrected chi connectivity index (χ4v) is 2.21. The third kappa shape index (κ3) is 2.40. The summed E-state index contributed by atoms with van der Waals surface area (Å²) in [5.41, 5.74) is 0.879. The van der Waals surface area contributed by atoms with Crippen molar-refractivity contribution < 1.29 is 9.90 Å². The first-order chi connectivity index (χ1) is 7.66. The van der Waals surface area contributed by atoms with Crippen LogP contribution in [-0.4, -0.2) is 15.8 Å². The molecule has 4 nitrogen and oxygen atoms in total. The summed E-state index contributed by atoms with van der Waals surface area (Å²) in [5.74, 6) is 0. The van der Waals surface area contributed by atoms with Crippen LogP contribution in [0.25, 0.3) is 5.69 Å². The summed E-state index contributed by atoms with van der Waals surface area (Å²) in [7, 11) is 0. The molecule has 2 rings (SSSR count). The Kier molecular flexibility index (Phi) is 3.21. The summed E-state index contributed by atoms with van der Waals surface area (Å²) in [4.78, 5) is 14.5. The zero-order valence-electron chi connectivity index (χ0n) is 8.00. The van der Waals surface area contributed by atoms with Gasteiger partial charge in [0.25, 0.3) is 0 Å². The molecular formula is C10H7BrN2O2S.